The highest BCUT2D eigenvalue weighted by molar-refractivity contribution is 5.80. The first kappa shape index (κ1) is 12.4. The number of methoxy groups -OCH3 is 1. The average molecular weight is 249 g/mol. The number of benzene rings is 1. The smallest absolute Gasteiger partial charge is 0.335 e. The van der Waals surface area contributed by atoms with Gasteiger partial charge in [0.1, 0.15) is 5.75 Å². The third-order valence-corrected chi connectivity index (χ3v) is 2.69. The van der Waals surface area contributed by atoms with E-state index >= 15 is 0 Å². The van der Waals surface area contributed by atoms with E-state index in [9.17, 15) is 4.79 Å². The number of hydrogen-bond acceptors (Lipinski definition) is 5. The largest absolute Gasteiger partial charge is 0.497 e. The second-order valence-electron chi connectivity index (χ2n) is 3.78. The van der Waals surface area contributed by atoms with E-state index in [0.29, 0.717) is 6.61 Å². The van der Waals surface area contributed by atoms with Crippen LogP contribution in [-0.4, -0.2) is 32.1 Å². The van der Waals surface area contributed by atoms with Gasteiger partial charge in [0.25, 0.3) is 0 Å². The molecule has 96 valence electrons. The van der Waals surface area contributed by atoms with Gasteiger partial charge >= 0.3 is 5.97 Å². The minimum absolute atomic E-state index is 0.334. The summed E-state index contributed by atoms with van der Waals surface area (Å²) in [5.74, 6) is 0.386. The van der Waals surface area contributed by atoms with Gasteiger partial charge in [-0.1, -0.05) is 12.1 Å². The summed E-state index contributed by atoms with van der Waals surface area (Å²) in [6.45, 7) is 2.10. The molecule has 2 rings (SSSR count). The summed E-state index contributed by atoms with van der Waals surface area (Å²) >= 11 is 0. The van der Waals surface area contributed by atoms with Crippen molar-refractivity contribution >= 4 is 12.4 Å². The van der Waals surface area contributed by atoms with Gasteiger partial charge in [-0.05, 0) is 24.6 Å². The van der Waals surface area contributed by atoms with E-state index in [0.717, 1.165) is 11.3 Å². The minimum atomic E-state index is -0.627. The summed E-state index contributed by atoms with van der Waals surface area (Å²) in [6.07, 6.45) is 0.881. The van der Waals surface area contributed by atoms with Crippen LogP contribution in [0.2, 0.25) is 0 Å². The maximum absolute atomic E-state index is 11.7. The molecule has 1 aliphatic rings. The molecule has 1 aliphatic heterocycles. The number of carbonyl (C=O) groups excluding carboxylic acids is 1. The Morgan fingerprint density at radius 2 is 2.11 bits per heavy atom. The molecule has 1 aromatic rings. The maximum Gasteiger partial charge on any atom is 0.335 e. The highest BCUT2D eigenvalue weighted by Gasteiger charge is 2.35. The lowest BCUT2D eigenvalue weighted by atomic mass is 10.0. The van der Waals surface area contributed by atoms with E-state index in [1.54, 1.807) is 14.0 Å². The van der Waals surface area contributed by atoms with Gasteiger partial charge in [-0.3, -0.25) is 0 Å². The summed E-state index contributed by atoms with van der Waals surface area (Å²) in [6, 6.07) is 6.71. The summed E-state index contributed by atoms with van der Waals surface area (Å²) < 4.78 is 15.4. The molecule has 0 saturated heterocycles. The van der Waals surface area contributed by atoms with E-state index in [1.165, 1.54) is 6.40 Å². The third-order valence-electron chi connectivity index (χ3n) is 2.69. The Labute approximate surface area is 105 Å². The van der Waals surface area contributed by atoms with Crippen LogP contribution in [0.4, 0.5) is 0 Å². The minimum Gasteiger partial charge on any atom is -0.497 e. The molecule has 0 amide bonds. The summed E-state index contributed by atoms with van der Waals surface area (Å²) in [5.41, 5.74) is 0.867. The van der Waals surface area contributed by atoms with Crippen LogP contribution in [0.5, 0.6) is 5.75 Å². The van der Waals surface area contributed by atoms with Crippen molar-refractivity contribution in [1.82, 2.24) is 0 Å². The van der Waals surface area contributed by atoms with Gasteiger partial charge in [-0.2, -0.15) is 0 Å². The van der Waals surface area contributed by atoms with Crippen LogP contribution in [0.25, 0.3) is 0 Å². The molecule has 0 fully saturated rings. The molecular formula is C13H15NO4. The van der Waals surface area contributed by atoms with Crippen LogP contribution in [0.1, 0.15) is 18.6 Å². The fraction of sp³-hybridized carbons (Fsp3) is 0.385. The number of nitrogens with zero attached hydrogens (tertiary/aromatic N) is 1. The van der Waals surface area contributed by atoms with Crippen molar-refractivity contribution in [1.29, 1.82) is 0 Å². The molecule has 18 heavy (non-hydrogen) atoms. The van der Waals surface area contributed by atoms with Crippen molar-refractivity contribution in [2.24, 2.45) is 4.99 Å². The van der Waals surface area contributed by atoms with Crippen molar-refractivity contribution < 1.29 is 19.0 Å². The Kier molecular flexibility index (Phi) is 3.82. The SMILES string of the molecule is CCOC(=O)[C@@H]1N=COC1c1ccc(OC)cc1. The zero-order chi connectivity index (χ0) is 13.0. The Balaban J connectivity index is 2.14. The zero-order valence-corrected chi connectivity index (χ0v) is 10.3. The van der Waals surface area contributed by atoms with Gasteiger partial charge in [-0.25, -0.2) is 9.79 Å². The molecule has 0 aliphatic carbocycles. The summed E-state index contributed by atoms with van der Waals surface area (Å²) in [4.78, 5) is 15.7. The van der Waals surface area contributed by atoms with Gasteiger partial charge < -0.3 is 14.2 Å². The number of ether oxygens (including phenoxy) is 3. The molecule has 0 radical (unpaired) electrons. The van der Waals surface area contributed by atoms with Crippen molar-refractivity contribution in [3.05, 3.63) is 29.8 Å². The van der Waals surface area contributed by atoms with Crippen molar-refractivity contribution in [2.45, 2.75) is 19.1 Å². The molecule has 0 saturated carbocycles. The molecule has 1 heterocycles. The van der Waals surface area contributed by atoms with Gasteiger partial charge in [0.05, 0.1) is 13.7 Å². The van der Waals surface area contributed by atoms with Gasteiger partial charge in [0, 0.05) is 0 Å². The van der Waals surface area contributed by atoms with E-state index < -0.39 is 12.1 Å². The molecule has 0 spiro atoms. The van der Waals surface area contributed by atoms with E-state index in [1.807, 2.05) is 24.3 Å². The number of rotatable bonds is 4. The summed E-state index contributed by atoms with van der Waals surface area (Å²) in [5, 5.41) is 0. The molecule has 0 N–H and O–H groups in total. The van der Waals surface area contributed by atoms with Gasteiger partial charge in [-0.15, -0.1) is 0 Å². The van der Waals surface area contributed by atoms with Crippen LogP contribution in [-0.2, 0) is 14.3 Å². The normalized spacial score (nSPS) is 21.4. The Hall–Kier alpha value is -2.04. The van der Waals surface area contributed by atoms with E-state index in [2.05, 4.69) is 4.99 Å². The van der Waals surface area contributed by atoms with Crippen LogP contribution in [0.3, 0.4) is 0 Å². The lowest BCUT2D eigenvalue weighted by molar-refractivity contribution is -0.146. The van der Waals surface area contributed by atoms with Gasteiger partial charge in [0.2, 0.25) is 0 Å². The Morgan fingerprint density at radius 1 is 1.39 bits per heavy atom. The average Bonchev–Trinajstić information content (AvgIpc) is 2.88. The molecule has 5 heteroatoms. The predicted octanol–water partition coefficient (Wildman–Crippen LogP) is 1.73. The second-order valence-corrected chi connectivity index (χ2v) is 3.78. The Bertz CT molecular complexity index is 441. The lowest BCUT2D eigenvalue weighted by Gasteiger charge is -2.16. The maximum atomic E-state index is 11.7. The van der Waals surface area contributed by atoms with Gasteiger partial charge in [0.15, 0.2) is 18.5 Å². The first-order chi connectivity index (χ1) is 8.76. The van der Waals surface area contributed by atoms with Crippen molar-refractivity contribution in [2.75, 3.05) is 13.7 Å². The van der Waals surface area contributed by atoms with Crippen LogP contribution >= 0.6 is 0 Å². The second kappa shape index (κ2) is 5.53. The number of hydrogen-bond donors (Lipinski definition) is 0. The van der Waals surface area contributed by atoms with E-state index in [4.69, 9.17) is 14.2 Å². The summed E-state index contributed by atoms with van der Waals surface area (Å²) in [7, 11) is 1.60. The fourth-order valence-corrected chi connectivity index (χ4v) is 1.79. The predicted molar refractivity (Wildman–Crippen MR) is 65.7 cm³/mol. The highest BCUT2D eigenvalue weighted by Crippen LogP contribution is 2.28. The number of aliphatic imine (C=N–C) groups is 1. The van der Waals surface area contributed by atoms with Crippen LogP contribution in [0.15, 0.2) is 29.3 Å². The highest BCUT2D eigenvalue weighted by atomic mass is 16.5. The molecule has 1 unspecified atom stereocenters. The van der Waals surface area contributed by atoms with Crippen molar-refractivity contribution in [3.63, 3.8) is 0 Å². The lowest BCUT2D eigenvalue weighted by Crippen LogP contribution is -2.26. The quantitative estimate of drug-likeness (QED) is 0.762. The molecule has 5 nitrogen and oxygen atoms in total. The molecule has 0 bridgehead atoms. The van der Waals surface area contributed by atoms with Crippen LogP contribution in [0, 0.1) is 0 Å². The van der Waals surface area contributed by atoms with Crippen LogP contribution < -0.4 is 4.74 Å². The first-order valence-electron chi connectivity index (χ1n) is 5.74. The topological polar surface area (TPSA) is 57.1 Å². The Morgan fingerprint density at radius 3 is 2.72 bits per heavy atom. The number of carbonyl (C=O) groups is 1. The van der Waals surface area contributed by atoms with Crippen molar-refractivity contribution in [3.8, 4) is 5.75 Å². The molecule has 0 aromatic heterocycles. The van der Waals surface area contributed by atoms with E-state index in [-0.39, 0.29) is 5.97 Å². The molecular weight excluding hydrogens is 234 g/mol. The third kappa shape index (κ3) is 2.45. The molecule has 1 aromatic carbocycles. The molecule has 2 atom stereocenters. The zero-order valence-electron chi connectivity index (χ0n) is 10.3. The standard InChI is InChI=1S/C13H15NO4/c1-3-17-13(15)11-12(18-8-14-11)9-4-6-10(16-2)7-5-9/h4-8,11-12H,3H2,1-2H3/t11-,12?/m1/s1. The monoisotopic (exact) mass is 249 g/mol. The first-order valence-corrected chi connectivity index (χ1v) is 5.74. The fourth-order valence-electron chi connectivity index (χ4n) is 1.79. The number of esters is 1.